The van der Waals surface area contributed by atoms with Gasteiger partial charge in [0.25, 0.3) is 0 Å². The molecule has 2 nitrogen and oxygen atoms in total. The van der Waals surface area contributed by atoms with Crippen molar-refractivity contribution in [2.75, 3.05) is 6.61 Å². The summed E-state index contributed by atoms with van der Waals surface area (Å²) in [5.74, 6) is 0.897. The molecule has 1 unspecified atom stereocenters. The highest BCUT2D eigenvalue weighted by Gasteiger charge is 2.00. The van der Waals surface area contributed by atoms with Crippen LogP contribution in [0.15, 0.2) is 36.9 Å². The molecular formula is C13H19NO. The number of rotatable bonds is 6. The molecule has 0 heterocycles. The standard InChI is InChI=1S/C13H19NO/c1-3-4-5-9-15-13-8-6-7-12(10-13)11(2)14/h3,6-8,10-11H,1,4-5,9,14H2,2H3. The maximum absolute atomic E-state index is 5.79. The quantitative estimate of drug-likeness (QED) is 0.572. The first kappa shape index (κ1) is 11.8. The summed E-state index contributed by atoms with van der Waals surface area (Å²) in [6.45, 7) is 6.37. The first-order valence-electron chi connectivity index (χ1n) is 5.33. The molecule has 0 amide bonds. The van der Waals surface area contributed by atoms with Crippen LogP contribution in [0.1, 0.15) is 31.4 Å². The lowest BCUT2D eigenvalue weighted by atomic mass is 10.1. The summed E-state index contributed by atoms with van der Waals surface area (Å²) in [4.78, 5) is 0. The summed E-state index contributed by atoms with van der Waals surface area (Å²) in [5.41, 5.74) is 6.90. The Bertz CT molecular complexity index is 307. The first-order valence-corrected chi connectivity index (χ1v) is 5.33. The molecule has 0 aliphatic rings. The van der Waals surface area contributed by atoms with Crippen molar-refractivity contribution in [1.29, 1.82) is 0 Å². The van der Waals surface area contributed by atoms with E-state index in [4.69, 9.17) is 10.5 Å². The summed E-state index contributed by atoms with van der Waals surface area (Å²) < 4.78 is 5.60. The second-order valence-corrected chi connectivity index (χ2v) is 3.64. The molecule has 1 atom stereocenters. The first-order chi connectivity index (χ1) is 7.24. The molecule has 2 heteroatoms. The van der Waals surface area contributed by atoms with Gasteiger partial charge in [-0.15, -0.1) is 6.58 Å². The molecule has 0 radical (unpaired) electrons. The molecule has 1 aromatic carbocycles. The van der Waals surface area contributed by atoms with Gasteiger partial charge in [-0.2, -0.15) is 0 Å². The molecule has 1 aromatic rings. The minimum absolute atomic E-state index is 0.0572. The van der Waals surface area contributed by atoms with Gasteiger partial charge in [0.05, 0.1) is 6.61 Å². The number of hydrogen-bond acceptors (Lipinski definition) is 2. The highest BCUT2D eigenvalue weighted by atomic mass is 16.5. The van der Waals surface area contributed by atoms with E-state index < -0.39 is 0 Å². The predicted molar refractivity (Wildman–Crippen MR) is 64.0 cm³/mol. The van der Waals surface area contributed by atoms with Crippen LogP contribution in [0.25, 0.3) is 0 Å². The van der Waals surface area contributed by atoms with Gasteiger partial charge in [0.15, 0.2) is 0 Å². The van der Waals surface area contributed by atoms with Crippen LogP contribution in [-0.2, 0) is 0 Å². The van der Waals surface area contributed by atoms with Crippen LogP contribution in [0.3, 0.4) is 0 Å². The van der Waals surface area contributed by atoms with Crippen molar-refractivity contribution in [3.05, 3.63) is 42.5 Å². The number of hydrogen-bond donors (Lipinski definition) is 1. The summed E-state index contributed by atoms with van der Waals surface area (Å²) in [5, 5.41) is 0. The topological polar surface area (TPSA) is 35.2 Å². The second-order valence-electron chi connectivity index (χ2n) is 3.64. The van der Waals surface area contributed by atoms with Crippen molar-refractivity contribution in [2.24, 2.45) is 5.73 Å². The van der Waals surface area contributed by atoms with E-state index in [9.17, 15) is 0 Å². The Kier molecular flexibility index (Phi) is 4.91. The van der Waals surface area contributed by atoms with Crippen LogP contribution >= 0.6 is 0 Å². The van der Waals surface area contributed by atoms with Crippen molar-refractivity contribution in [3.63, 3.8) is 0 Å². The molecule has 82 valence electrons. The number of ether oxygens (including phenoxy) is 1. The molecule has 1 rings (SSSR count). The summed E-state index contributed by atoms with van der Waals surface area (Å²) in [7, 11) is 0. The fourth-order valence-corrected chi connectivity index (χ4v) is 1.31. The van der Waals surface area contributed by atoms with Crippen molar-refractivity contribution in [2.45, 2.75) is 25.8 Å². The van der Waals surface area contributed by atoms with Gasteiger partial charge in [-0.05, 0) is 37.5 Å². The van der Waals surface area contributed by atoms with Crippen molar-refractivity contribution in [3.8, 4) is 5.75 Å². The molecule has 0 spiro atoms. The number of allylic oxidation sites excluding steroid dienone is 1. The van der Waals surface area contributed by atoms with E-state index >= 15 is 0 Å². The molecule has 15 heavy (non-hydrogen) atoms. The van der Waals surface area contributed by atoms with Gasteiger partial charge in [-0.1, -0.05) is 18.2 Å². The van der Waals surface area contributed by atoms with E-state index in [-0.39, 0.29) is 6.04 Å². The average Bonchev–Trinajstić information content (AvgIpc) is 2.25. The van der Waals surface area contributed by atoms with Crippen molar-refractivity contribution < 1.29 is 4.74 Å². The van der Waals surface area contributed by atoms with E-state index in [1.807, 2.05) is 37.3 Å². The third-order valence-corrected chi connectivity index (χ3v) is 2.21. The lowest BCUT2D eigenvalue weighted by Gasteiger charge is -2.09. The highest BCUT2D eigenvalue weighted by molar-refractivity contribution is 5.30. The molecule has 0 fully saturated rings. The Morgan fingerprint density at radius 1 is 1.53 bits per heavy atom. The van der Waals surface area contributed by atoms with Gasteiger partial charge in [-0.25, -0.2) is 0 Å². The monoisotopic (exact) mass is 205 g/mol. The second kappa shape index (κ2) is 6.25. The lowest BCUT2D eigenvalue weighted by Crippen LogP contribution is -2.05. The maximum Gasteiger partial charge on any atom is 0.119 e. The van der Waals surface area contributed by atoms with Crippen LogP contribution in [0.4, 0.5) is 0 Å². The van der Waals surface area contributed by atoms with Crippen LogP contribution < -0.4 is 10.5 Å². The van der Waals surface area contributed by atoms with Gasteiger partial charge >= 0.3 is 0 Å². The minimum Gasteiger partial charge on any atom is -0.494 e. The molecule has 0 aromatic heterocycles. The van der Waals surface area contributed by atoms with E-state index in [2.05, 4.69) is 6.58 Å². The Hall–Kier alpha value is -1.28. The third kappa shape index (κ3) is 4.17. The van der Waals surface area contributed by atoms with E-state index in [0.717, 1.165) is 30.8 Å². The summed E-state index contributed by atoms with van der Waals surface area (Å²) in [6, 6.07) is 8.00. The largest absolute Gasteiger partial charge is 0.494 e. The molecule has 0 saturated heterocycles. The van der Waals surface area contributed by atoms with E-state index in [0.29, 0.717) is 0 Å². The number of nitrogens with two attached hydrogens (primary N) is 1. The third-order valence-electron chi connectivity index (χ3n) is 2.21. The van der Waals surface area contributed by atoms with Crippen molar-refractivity contribution >= 4 is 0 Å². The molecule has 0 bridgehead atoms. The zero-order valence-electron chi connectivity index (χ0n) is 9.28. The van der Waals surface area contributed by atoms with Crippen LogP contribution in [0, 0.1) is 0 Å². The van der Waals surface area contributed by atoms with Gasteiger partial charge in [-0.3, -0.25) is 0 Å². The highest BCUT2D eigenvalue weighted by Crippen LogP contribution is 2.17. The molecular weight excluding hydrogens is 186 g/mol. The molecule has 0 aliphatic carbocycles. The molecule has 0 saturated carbocycles. The summed E-state index contributed by atoms with van der Waals surface area (Å²) >= 11 is 0. The van der Waals surface area contributed by atoms with Gasteiger partial charge in [0, 0.05) is 6.04 Å². The van der Waals surface area contributed by atoms with Crippen LogP contribution in [-0.4, -0.2) is 6.61 Å². The Morgan fingerprint density at radius 3 is 3.00 bits per heavy atom. The maximum atomic E-state index is 5.79. The van der Waals surface area contributed by atoms with Crippen molar-refractivity contribution in [1.82, 2.24) is 0 Å². The Balaban J connectivity index is 2.46. The number of unbranched alkanes of at least 4 members (excludes halogenated alkanes) is 1. The average molecular weight is 205 g/mol. The Labute approximate surface area is 91.7 Å². The van der Waals surface area contributed by atoms with Gasteiger partial charge in [0.2, 0.25) is 0 Å². The van der Waals surface area contributed by atoms with Crippen LogP contribution in [0.5, 0.6) is 5.75 Å². The fourth-order valence-electron chi connectivity index (χ4n) is 1.31. The van der Waals surface area contributed by atoms with Crippen LogP contribution in [0.2, 0.25) is 0 Å². The molecule has 2 N–H and O–H groups in total. The number of benzene rings is 1. The van der Waals surface area contributed by atoms with Gasteiger partial charge < -0.3 is 10.5 Å². The normalized spacial score (nSPS) is 12.1. The van der Waals surface area contributed by atoms with Gasteiger partial charge in [0.1, 0.15) is 5.75 Å². The minimum atomic E-state index is 0.0572. The van der Waals surface area contributed by atoms with E-state index in [1.165, 1.54) is 0 Å². The lowest BCUT2D eigenvalue weighted by molar-refractivity contribution is 0.311. The molecule has 0 aliphatic heterocycles. The zero-order valence-corrected chi connectivity index (χ0v) is 9.28. The smallest absolute Gasteiger partial charge is 0.119 e. The fraction of sp³-hybridized carbons (Fsp3) is 0.385. The predicted octanol–water partition coefficient (Wildman–Crippen LogP) is 3.05. The Morgan fingerprint density at radius 2 is 2.33 bits per heavy atom. The van der Waals surface area contributed by atoms with E-state index in [1.54, 1.807) is 0 Å². The summed E-state index contributed by atoms with van der Waals surface area (Å²) in [6.07, 6.45) is 3.90. The zero-order chi connectivity index (χ0) is 11.1. The SMILES string of the molecule is C=CCCCOc1cccc(C(C)N)c1.